The van der Waals surface area contributed by atoms with Crippen molar-refractivity contribution in [3.8, 4) is 0 Å². The van der Waals surface area contributed by atoms with Crippen molar-refractivity contribution in [3.63, 3.8) is 0 Å². The third-order valence-electron chi connectivity index (χ3n) is 3.36. The van der Waals surface area contributed by atoms with Crippen LogP contribution in [0.1, 0.15) is 29.7 Å². The van der Waals surface area contributed by atoms with Crippen LogP contribution in [0, 0.1) is 13.8 Å². The van der Waals surface area contributed by atoms with Crippen molar-refractivity contribution < 1.29 is 4.74 Å². The van der Waals surface area contributed by atoms with E-state index in [0.29, 0.717) is 11.3 Å². The Kier molecular flexibility index (Phi) is 5.10. The van der Waals surface area contributed by atoms with Gasteiger partial charge in [0.25, 0.3) is 0 Å². The van der Waals surface area contributed by atoms with Gasteiger partial charge < -0.3 is 10.1 Å². The van der Waals surface area contributed by atoms with Gasteiger partial charge in [-0.2, -0.15) is 11.8 Å². The van der Waals surface area contributed by atoms with Crippen LogP contribution in [0.5, 0.6) is 0 Å². The molecule has 18 heavy (non-hydrogen) atoms. The molecule has 0 radical (unpaired) electrons. The molecule has 0 bridgehead atoms. The number of thioether (sulfide) groups is 1. The predicted octanol–water partition coefficient (Wildman–Crippen LogP) is 3.09. The van der Waals surface area contributed by atoms with Crippen molar-refractivity contribution in [1.29, 1.82) is 0 Å². The molecule has 2 nitrogen and oxygen atoms in total. The highest BCUT2D eigenvalue weighted by Gasteiger charge is 2.21. The molecule has 0 spiro atoms. The largest absolute Gasteiger partial charge is 0.379 e. The molecule has 1 aliphatic rings. The number of hydrogen-bond acceptors (Lipinski definition) is 3. The lowest BCUT2D eigenvalue weighted by Gasteiger charge is -2.28. The maximum absolute atomic E-state index is 5.23. The number of aryl methyl sites for hydroxylation is 2. The maximum Gasteiger partial charge on any atom is 0.0607 e. The molecule has 3 heteroatoms. The third kappa shape index (κ3) is 3.50. The van der Waals surface area contributed by atoms with Gasteiger partial charge in [-0.3, -0.25) is 0 Å². The zero-order valence-corrected chi connectivity index (χ0v) is 12.3. The van der Waals surface area contributed by atoms with E-state index >= 15 is 0 Å². The van der Waals surface area contributed by atoms with Crippen molar-refractivity contribution >= 4 is 11.8 Å². The molecule has 1 N–H and O–H groups in total. The molecular weight excluding hydrogens is 242 g/mol. The summed E-state index contributed by atoms with van der Waals surface area (Å²) < 4.78 is 5.23. The molecule has 1 atom stereocenters. The Morgan fingerprint density at radius 2 is 2.17 bits per heavy atom. The molecule has 0 aliphatic carbocycles. The standard InChI is InChI=1S/C15H23NOS/c1-4-16-15(10-18-13-8-17-9-13)14-6-5-11(2)7-12(14)3/h5-7,13,15-16H,4,8-10H2,1-3H3. The predicted molar refractivity (Wildman–Crippen MR) is 79.4 cm³/mol. The Bertz CT molecular complexity index is 390. The van der Waals surface area contributed by atoms with Gasteiger partial charge in [0.2, 0.25) is 0 Å². The Hall–Kier alpha value is -0.510. The molecule has 1 aliphatic heterocycles. The molecule has 1 aromatic carbocycles. The summed E-state index contributed by atoms with van der Waals surface area (Å²) in [5.74, 6) is 1.13. The van der Waals surface area contributed by atoms with E-state index in [9.17, 15) is 0 Å². The molecule has 0 amide bonds. The average molecular weight is 265 g/mol. The van der Waals surface area contributed by atoms with E-state index in [2.05, 4.69) is 44.3 Å². The molecule has 1 heterocycles. The number of ether oxygens (including phenoxy) is 1. The lowest BCUT2D eigenvalue weighted by Crippen LogP contribution is -2.32. The smallest absolute Gasteiger partial charge is 0.0607 e. The fourth-order valence-electron chi connectivity index (χ4n) is 2.26. The summed E-state index contributed by atoms with van der Waals surface area (Å²) in [6, 6.07) is 7.22. The van der Waals surface area contributed by atoms with E-state index in [-0.39, 0.29) is 0 Å². The van der Waals surface area contributed by atoms with Crippen LogP contribution >= 0.6 is 11.8 Å². The van der Waals surface area contributed by atoms with Crippen molar-refractivity contribution in [1.82, 2.24) is 5.32 Å². The van der Waals surface area contributed by atoms with Crippen LogP contribution in [0.15, 0.2) is 18.2 Å². The Morgan fingerprint density at radius 1 is 1.39 bits per heavy atom. The van der Waals surface area contributed by atoms with E-state index in [4.69, 9.17) is 4.74 Å². The van der Waals surface area contributed by atoms with E-state index in [0.717, 1.165) is 25.5 Å². The van der Waals surface area contributed by atoms with Gasteiger partial charge in [0, 0.05) is 11.8 Å². The molecule has 2 rings (SSSR count). The summed E-state index contributed by atoms with van der Waals surface area (Å²) in [6.45, 7) is 9.41. The van der Waals surface area contributed by atoms with Crippen molar-refractivity contribution in [2.24, 2.45) is 0 Å². The second-order valence-electron chi connectivity index (χ2n) is 4.96. The monoisotopic (exact) mass is 265 g/mol. The summed E-state index contributed by atoms with van der Waals surface area (Å²) in [6.07, 6.45) is 0. The quantitative estimate of drug-likeness (QED) is 0.854. The van der Waals surface area contributed by atoms with Crippen molar-refractivity contribution in [3.05, 3.63) is 34.9 Å². The Morgan fingerprint density at radius 3 is 2.72 bits per heavy atom. The van der Waals surface area contributed by atoms with Crippen LogP contribution in [0.4, 0.5) is 0 Å². The van der Waals surface area contributed by atoms with Gasteiger partial charge in [0.05, 0.1) is 18.5 Å². The molecule has 1 aromatic rings. The normalized spacial score (nSPS) is 17.5. The summed E-state index contributed by atoms with van der Waals surface area (Å²) in [4.78, 5) is 0. The van der Waals surface area contributed by atoms with Crippen molar-refractivity contribution in [2.45, 2.75) is 32.1 Å². The molecule has 1 saturated heterocycles. The van der Waals surface area contributed by atoms with Crippen LogP contribution in [-0.4, -0.2) is 30.8 Å². The lowest BCUT2D eigenvalue weighted by molar-refractivity contribution is 0.0455. The van der Waals surface area contributed by atoms with Crippen LogP contribution in [0.25, 0.3) is 0 Å². The number of rotatable bonds is 6. The highest BCUT2D eigenvalue weighted by atomic mass is 32.2. The van der Waals surface area contributed by atoms with Gasteiger partial charge in [-0.25, -0.2) is 0 Å². The first-order valence-electron chi connectivity index (χ1n) is 6.70. The zero-order valence-electron chi connectivity index (χ0n) is 11.5. The summed E-state index contributed by atoms with van der Waals surface area (Å²) in [7, 11) is 0. The lowest BCUT2D eigenvalue weighted by atomic mass is 10.0. The Labute approximate surface area is 114 Å². The van der Waals surface area contributed by atoms with Gasteiger partial charge in [0.15, 0.2) is 0 Å². The van der Waals surface area contributed by atoms with Gasteiger partial charge >= 0.3 is 0 Å². The molecule has 1 unspecified atom stereocenters. The van der Waals surface area contributed by atoms with Crippen LogP contribution < -0.4 is 5.32 Å². The topological polar surface area (TPSA) is 21.3 Å². The molecular formula is C15H23NOS. The van der Waals surface area contributed by atoms with Crippen LogP contribution in [0.3, 0.4) is 0 Å². The van der Waals surface area contributed by atoms with E-state index in [1.165, 1.54) is 16.7 Å². The third-order valence-corrected chi connectivity index (χ3v) is 4.63. The average Bonchev–Trinajstić information content (AvgIpc) is 2.26. The summed E-state index contributed by atoms with van der Waals surface area (Å²) >= 11 is 2.03. The van der Waals surface area contributed by atoms with Gasteiger partial charge in [-0.05, 0) is 31.5 Å². The molecule has 100 valence electrons. The second kappa shape index (κ2) is 6.60. The minimum atomic E-state index is 0.459. The number of hydrogen-bond donors (Lipinski definition) is 1. The minimum absolute atomic E-state index is 0.459. The first-order chi connectivity index (χ1) is 8.70. The minimum Gasteiger partial charge on any atom is -0.379 e. The Balaban J connectivity index is 2.02. The SMILES string of the molecule is CCNC(CSC1COC1)c1ccc(C)cc1C. The highest BCUT2D eigenvalue weighted by Crippen LogP contribution is 2.27. The zero-order chi connectivity index (χ0) is 13.0. The first kappa shape index (κ1) is 13.9. The van der Waals surface area contributed by atoms with Crippen LogP contribution in [-0.2, 0) is 4.74 Å². The number of benzene rings is 1. The summed E-state index contributed by atoms with van der Waals surface area (Å²) in [5, 5.41) is 4.31. The number of nitrogens with one attached hydrogen (secondary N) is 1. The van der Waals surface area contributed by atoms with E-state index in [1.54, 1.807) is 0 Å². The van der Waals surface area contributed by atoms with Gasteiger partial charge in [-0.1, -0.05) is 30.7 Å². The molecule has 0 aromatic heterocycles. The van der Waals surface area contributed by atoms with Gasteiger partial charge in [-0.15, -0.1) is 0 Å². The van der Waals surface area contributed by atoms with Crippen molar-refractivity contribution in [2.75, 3.05) is 25.5 Å². The van der Waals surface area contributed by atoms with E-state index in [1.807, 2.05) is 11.8 Å². The van der Waals surface area contributed by atoms with Crippen LogP contribution in [0.2, 0.25) is 0 Å². The highest BCUT2D eigenvalue weighted by molar-refractivity contribution is 8.00. The van der Waals surface area contributed by atoms with Gasteiger partial charge in [0.1, 0.15) is 0 Å². The van der Waals surface area contributed by atoms with E-state index < -0.39 is 0 Å². The maximum atomic E-state index is 5.23. The first-order valence-corrected chi connectivity index (χ1v) is 7.75. The molecule has 0 saturated carbocycles. The fourth-order valence-corrected chi connectivity index (χ4v) is 3.41. The molecule has 1 fully saturated rings. The second-order valence-corrected chi connectivity index (χ2v) is 6.30. The summed E-state index contributed by atoms with van der Waals surface area (Å²) in [5.41, 5.74) is 4.17. The fraction of sp³-hybridized carbons (Fsp3) is 0.600.